The summed E-state index contributed by atoms with van der Waals surface area (Å²) < 4.78 is 303. The summed E-state index contributed by atoms with van der Waals surface area (Å²) >= 11 is 1.99. The van der Waals surface area contributed by atoms with Crippen molar-refractivity contribution in [2.45, 2.75) is 65.4 Å². The number of carbonyl (C=O) groups excluding carboxylic acids is 1. The van der Waals surface area contributed by atoms with Crippen LogP contribution in [0.25, 0.3) is 0 Å². The molecular weight excluding hydrogens is 645 g/mol. The largest absolute Gasteiger partial charge is 0.460 e. The minimum Gasteiger partial charge on any atom is -0.390 e. The molecule has 2 nitrogen and oxygen atoms in total. The predicted molar refractivity (Wildman–Crippen MR) is 70.6 cm³/mol. The molecule has 0 aromatic carbocycles. The van der Waals surface area contributed by atoms with Gasteiger partial charge in [-0.3, -0.25) is 0 Å². The van der Waals surface area contributed by atoms with Crippen molar-refractivity contribution in [1.82, 2.24) is 0 Å². The Morgan fingerprint density at radius 3 is 0.737 bits per heavy atom. The van der Waals surface area contributed by atoms with Gasteiger partial charge in [-0.05, 0) is 0 Å². The third kappa shape index (κ3) is 4.08. The Morgan fingerprint density at radius 2 is 0.553 bits per heavy atom. The SMILES string of the molecule is O=C(OS)C(F)(F)C(F)(F)C(F)(F)C(F)(F)C(F)(F)C(F)(F)C(F)(F)C(F)(F)C(F)(F)C(F)(F)C(F)(F)F. The second kappa shape index (κ2) is 8.86. The molecule has 0 aliphatic heterocycles. The van der Waals surface area contributed by atoms with Crippen molar-refractivity contribution in [2.24, 2.45) is 0 Å². The molecule has 0 aliphatic rings. The van der Waals surface area contributed by atoms with Gasteiger partial charge in [0, 0.05) is 12.9 Å². The van der Waals surface area contributed by atoms with Gasteiger partial charge in [-0.2, -0.15) is 101 Å². The van der Waals surface area contributed by atoms with Gasteiger partial charge < -0.3 is 4.18 Å². The van der Waals surface area contributed by atoms with Gasteiger partial charge in [-0.15, -0.1) is 0 Å². The number of alkyl halides is 23. The zero-order valence-electron chi connectivity index (χ0n) is 16.0. The molecule has 0 N–H and O–H groups in total. The van der Waals surface area contributed by atoms with Gasteiger partial charge in [0.25, 0.3) is 0 Å². The van der Waals surface area contributed by atoms with Crippen LogP contribution in [-0.4, -0.2) is 71.4 Å². The van der Waals surface area contributed by atoms with Gasteiger partial charge >= 0.3 is 71.4 Å². The van der Waals surface area contributed by atoms with Gasteiger partial charge in [0.2, 0.25) is 0 Å². The number of rotatable bonds is 10. The maximum absolute atomic E-state index is 13.5. The molecule has 0 aromatic heterocycles. The Labute approximate surface area is 195 Å². The molecule has 0 aromatic rings. The van der Waals surface area contributed by atoms with Gasteiger partial charge in [-0.1, -0.05) is 0 Å². The summed E-state index contributed by atoms with van der Waals surface area (Å²) in [5.41, 5.74) is 0. The predicted octanol–water partition coefficient (Wildman–Crippen LogP) is 7.29. The van der Waals surface area contributed by atoms with Crippen molar-refractivity contribution in [3.63, 3.8) is 0 Å². The highest BCUT2D eigenvalue weighted by Crippen LogP contribution is 2.67. The first-order valence-corrected chi connectivity index (χ1v) is 8.05. The number of hydrogen-bond donors (Lipinski definition) is 1. The lowest BCUT2D eigenvalue weighted by Crippen LogP contribution is -2.78. The third-order valence-electron chi connectivity index (χ3n) is 4.24. The van der Waals surface area contributed by atoms with Crippen molar-refractivity contribution >= 4 is 18.9 Å². The fraction of sp³-hybridized carbons (Fsp3) is 0.917. The fourth-order valence-corrected chi connectivity index (χ4v) is 2.06. The summed E-state index contributed by atoms with van der Waals surface area (Å²) in [7, 11) is 0. The van der Waals surface area contributed by atoms with Gasteiger partial charge in [0.15, 0.2) is 0 Å². The van der Waals surface area contributed by atoms with Crippen molar-refractivity contribution in [1.29, 1.82) is 0 Å². The van der Waals surface area contributed by atoms with Gasteiger partial charge in [0.05, 0.1) is 0 Å². The number of carbonyl (C=O) groups is 1. The second-order valence-electron chi connectivity index (χ2n) is 6.62. The maximum Gasteiger partial charge on any atom is 0.460 e. The van der Waals surface area contributed by atoms with E-state index in [1.807, 2.05) is 12.9 Å². The Balaban J connectivity index is 7.26. The molecule has 26 heteroatoms. The summed E-state index contributed by atoms with van der Waals surface area (Å²) in [5, 5.41) is 0. The fourth-order valence-electron chi connectivity index (χ4n) is 1.94. The quantitative estimate of drug-likeness (QED) is 0.153. The third-order valence-corrected chi connectivity index (χ3v) is 4.41. The van der Waals surface area contributed by atoms with Crippen LogP contribution in [0.1, 0.15) is 0 Å². The summed E-state index contributed by atoms with van der Waals surface area (Å²) in [5.74, 6) is -93.7. The van der Waals surface area contributed by atoms with Gasteiger partial charge in [0.1, 0.15) is 0 Å². The van der Waals surface area contributed by atoms with E-state index in [4.69, 9.17) is 0 Å². The second-order valence-corrected chi connectivity index (χ2v) is 6.80. The number of halogens is 23. The maximum atomic E-state index is 13.5. The highest BCUT2D eigenvalue weighted by Gasteiger charge is 2.99. The smallest absolute Gasteiger partial charge is 0.390 e. The molecule has 0 heterocycles. The van der Waals surface area contributed by atoms with Crippen molar-refractivity contribution < 1.29 is 110 Å². The molecule has 0 spiro atoms. The summed E-state index contributed by atoms with van der Waals surface area (Å²) in [6.45, 7) is 0. The Hall–Kier alpha value is -1.79. The van der Waals surface area contributed by atoms with E-state index < -0.39 is 71.4 Å². The van der Waals surface area contributed by atoms with Crippen LogP contribution in [0.2, 0.25) is 0 Å². The van der Waals surface area contributed by atoms with E-state index in [-0.39, 0.29) is 0 Å². The Kier molecular flexibility index (Phi) is 8.44. The van der Waals surface area contributed by atoms with Crippen LogP contribution in [0, 0.1) is 0 Å². The minimum atomic E-state index is -9.49. The van der Waals surface area contributed by atoms with Crippen LogP contribution in [0.4, 0.5) is 101 Å². The molecule has 0 saturated carbocycles. The summed E-state index contributed by atoms with van der Waals surface area (Å²) in [4.78, 5) is 10.4. The molecule has 0 rings (SSSR count). The average molecular weight is 646 g/mol. The van der Waals surface area contributed by atoms with Crippen LogP contribution >= 0.6 is 12.9 Å². The molecule has 228 valence electrons. The topological polar surface area (TPSA) is 26.3 Å². The van der Waals surface area contributed by atoms with Crippen LogP contribution < -0.4 is 0 Å². The average Bonchev–Trinajstić information content (AvgIpc) is 2.70. The standard InChI is InChI=1S/C12HF23O2S/c13-2(14,1(36)37-38)3(15,16)4(17,18)5(19,20)6(21,22)7(23,24)8(25,26)9(27,28)10(29,30)11(31,32)12(33,34)35/h38H. The molecule has 0 amide bonds. The first-order valence-electron chi connectivity index (χ1n) is 7.69. The number of hydrogen-bond acceptors (Lipinski definition) is 3. The van der Waals surface area contributed by atoms with E-state index in [1.54, 1.807) is 0 Å². The summed E-state index contributed by atoms with van der Waals surface area (Å²) in [6.07, 6.45) is -8.12. The lowest BCUT2D eigenvalue weighted by Gasteiger charge is -2.44. The lowest BCUT2D eigenvalue weighted by atomic mass is 9.85. The van der Waals surface area contributed by atoms with E-state index in [1.165, 1.54) is 0 Å². The molecule has 38 heavy (non-hydrogen) atoms. The van der Waals surface area contributed by atoms with E-state index >= 15 is 0 Å². The van der Waals surface area contributed by atoms with Crippen molar-refractivity contribution in [3.05, 3.63) is 0 Å². The van der Waals surface area contributed by atoms with Crippen LogP contribution in [0.5, 0.6) is 0 Å². The zero-order chi connectivity index (χ0) is 31.8. The molecule has 0 fully saturated rings. The normalized spacial score (nSPS) is 16.5. The van der Waals surface area contributed by atoms with Gasteiger partial charge in [-0.25, -0.2) is 4.79 Å². The Bertz CT molecular complexity index is 901. The molecule has 0 bridgehead atoms. The lowest BCUT2D eigenvalue weighted by molar-refractivity contribution is -0.477. The monoisotopic (exact) mass is 646 g/mol. The molecular formula is C12HF23O2S. The molecule has 0 saturated heterocycles. The van der Waals surface area contributed by atoms with Crippen LogP contribution in [0.15, 0.2) is 0 Å². The molecule has 0 radical (unpaired) electrons. The van der Waals surface area contributed by atoms with E-state index in [0.717, 1.165) is 0 Å². The summed E-state index contributed by atoms with van der Waals surface area (Å²) in [6, 6.07) is 0. The number of thiol groups is 1. The first kappa shape index (κ1) is 36.2. The van der Waals surface area contributed by atoms with Crippen LogP contribution in [-0.2, 0) is 8.98 Å². The molecule has 0 atom stereocenters. The van der Waals surface area contributed by atoms with E-state index in [0.29, 0.717) is 0 Å². The van der Waals surface area contributed by atoms with E-state index in [2.05, 4.69) is 4.18 Å². The van der Waals surface area contributed by atoms with E-state index in [9.17, 15) is 106 Å². The van der Waals surface area contributed by atoms with Crippen molar-refractivity contribution in [3.8, 4) is 0 Å². The molecule has 0 aliphatic carbocycles. The first-order chi connectivity index (χ1) is 16.0. The van der Waals surface area contributed by atoms with Crippen LogP contribution in [0.3, 0.4) is 0 Å². The highest BCUT2D eigenvalue weighted by atomic mass is 32.1. The Morgan fingerprint density at radius 1 is 0.368 bits per heavy atom. The molecule has 0 unspecified atom stereocenters. The van der Waals surface area contributed by atoms with Crippen molar-refractivity contribution in [2.75, 3.05) is 0 Å². The minimum absolute atomic E-state index is 1.99. The zero-order valence-corrected chi connectivity index (χ0v) is 16.9. The highest BCUT2D eigenvalue weighted by molar-refractivity contribution is 7.75.